The number of Topliss-reactive ketones (excluding diaryl/α,β-unsaturated/α-hetero) is 1. The average molecular weight is 255 g/mol. The van der Waals surface area contributed by atoms with Crippen molar-refractivity contribution in [1.82, 2.24) is 4.57 Å². The van der Waals surface area contributed by atoms with Gasteiger partial charge in [0.2, 0.25) is 0 Å². The van der Waals surface area contributed by atoms with Crippen LogP contribution in [0.4, 0.5) is 13.2 Å². The molecule has 0 amide bonds. The molecule has 0 atom stereocenters. The summed E-state index contributed by atoms with van der Waals surface area (Å²) in [6.07, 6.45) is -2.93. The maximum atomic E-state index is 12.9. The molecule has 0 bridgehead atoms. The van der Waals surface area contributed by atoms with Crippen molar-refractivity contribution >= 4 is 16.7 Å². The Morgan fingerprint density at radius 1 is 1.33 bits per heavy atom. The van der Waals surface area contributed by atoms with Gasteiger partial charge in [0.15, 0.2) is 5.78 Å². The largest absolute Gasteiger partial charge is 0.418 e. The maximum absolute atomic E-state index is 12.9. The molecule has 18 heavy (non-hydrogen) atoms. The molecule has 0 saturated heterocycles. The van der Waals surface area contributed by atoms with Gasteiger partial charge in [-0.05, 0) is 19.9 Å². The molecule has 0 N–H and O–H groups in total. The van der Waals surface area contributed by atoms with Gasteiger partial charge in [-0.3, -0.25) is 4.79 Å². The molecule has 0 spiro atoms. The number of carbonyl (C=O) groups excluding carboxylic acids is 1. The summed E-state index contributed by atoms with van der Waals surface area (Å²) in [5, 5.41) is 0.360. The van der Waals surface area contributed by atoms with Crippen molar-refractivity contribution in [3.8, 4) is 0 Å². The first kappa shape index (κ1) is 12.7. The number of halogens is 3. The summed E-state index contributed by atoms with van der Waals surface area (Å²) in [5.74, 6) is -0.230. The van der Waals surface area contributed by atoms with Gasteiger partial charge in [0, 0.05) is 23.7 Å². The van der Waals surface area contributed by atoms with Crippen LogP contribution in [0.15, 0.2) is 24.4 Å². The van der Waals surface area contributed by atoms with Gasteiger partial charge in [-0.25, -0.2) is 0 Å². The molecule has 0 unspecified atom stereocenters. The molecule has 0 aliphatic carbocycles. The Morgan fingerprint density at radius 3 is 2.50 bits per heavy atom. The van der Waals surface area contributed by atoms with E-state index in [1.165, 1.54) is 23.8 Å². The number of rotatable bonds is 2. The molecular weight excluding hydrogens is 243 g/mol. The van der Waals surface area contributed by atoms with Crippen molar-refractivity contribution in [2.24, 2.45) is 0 Å². The zero-order valence-electron chi connectivity index (χ0n) is 10.0. The smallest absolute Gasteiger partial charge is 0.347 e. The van der Waals surface area contributed by atoms with Crippen LogP contribution < -0.4 is 0 Å². The quantitative estimate of drug-likeness (QED) is 0.746. The number of ketones is 1. The van der Waals surface area contributed by atoms with Gasteiger partial charge in [0.05, 0.1) is 11.1 Å². The molecule has 1 aromatic carbocycles. The lowest BCUT2D eigenvalue weighted by atomic mass is 10.1. The maximum Gasteiger partial charge on any atom is 0.418 e. The average Bonchev–Trinajstić information content (AvgIpc) is 2.66. The van der Waals surface area contributed by atoms with E-state index in [0.29, 0.717) is 17.5 Å². The van der Waals surface area contributed by atoms with Crippen molar-refractivity contribution in [1.29, 1.82) is 0 Å². The predicted octanol–water partition coefficient (Wildman–Crippen LogP) is 3.88. The highest BCUT2D eigenvalue weighted by Gasteiger charge is 2.34. The zero-order chi connectivity index (χ0) is 13.5. The number of alkyl halides is 3. The van der Waals surface area contributed by atoms with Crippen LogP contribution in [0.25, 0.3) is 10.9 Å². The SMILES string of the molecule is CCn1cc(C(C)=O)c2cccc(C(F)(F)F)c21. The summed E-state index contributed by atoms with van der Waals surface area (Å²) in [7, 11) is 0. The van der Waals surface area contributed by atoms with Crippen LogP contribution in [0.2, 0.25) is 0 Å². The number of aromatic nitrogens is 1. The first-order chi connectivity index (χ1) is 8.36. The van der Waals surface area contributed by atoms with E-state index in [-0.39, 0.29) is 11.3 Å². The van der Waals surface area contributed by atoms with Crippen molar-refractivity contribution in [2.45, 2.75) is 26.6 Å². The summed E-state index contributed by atoms with van der Waals surface area (Å²) in [4.78, 5) is 11.5. The van der Waals surface area contributed by atoms with E-state index in [1.807, 2.05) is 0 Å². The van der Waals surface area contributed by atoms with Gasteiger partial charge in [-0.2, -0.15) is 13.2 Å². The number of carbonyl (C=O) groups is 1. The Morgan fingerprint density at radius 2 is 2.00 bits per heavy atom. The fraction of sp³-hybridized carbons (Fsp3) is 0.308. The molecule has 2 aromatic rings. The van der Waals surface area contributed by atoms with Gasteiger partial charge in [-0.1, -0.05) is 12.1 Å². The normalized spacial score (nSPS) is 12.1. The van der Waals surface area contributed by atoms with E-state index in [9.17, 15) is 18.0 Å². The van der Waals surface area contributed by atoms with Gasteiger partial charge in [0.1, 0.15) is 0 Å². The van der Waals surface area contributed by atoms with E-state index >= 15 is 0 Å². The number of fused-ring (bicyclic) bond motifs is 1. The molecule has 0 aliphatic rings. The Bertz CT molecular complexity index is 610. The third kappa shape index (κ3) is 1.89. The summed E-state index contributed by atoms with van der Waals surface area (Å²) in [5.41, 5.74) is -0.287. The van der Waals surface area contributed by atoms with Crippen LogP contribution in [0.1, 0.15) is 29.8 Å². The lowest BCUT2D eigenvalue weighted by Gasteiger charge is -2.10. The van der Waals surface area contributed by atoms with E-state index in [1.54, 1.807) is 13.0 Å². The lowest BCUT2D eigenvalue weighted by Crippen LogP contribution is -2.08. The molecule has 96 valence electrons. The molecule has 5 heteroatoms. The molecular formula is C13H12F3NO. The van der Waals surface area contributed by atoms with Crippen LogP contribution in [-0.4, -0.2) is 10.4 Å². The molecule has 1 heterocycles. The minimum absolute atomic E-state index is 0.0812. The fourth-order valence-electron chi connectivity index (χ4n) is 2.12. The summed E-state index contributed by atoms with van der Waals surface area (Å²) in [6, 6.07) is 3.92. The molecule has 2 nitrogen and oxygen atoms in total. The van der Waals surface area contributed by atoms with Gasteiger partial charge < -0.3 is 4.57 Å². The molecule has 1 aromatic heterocycles. The van der Waals surface area contributed by atoms with Gasteiger partial charge in [-0.15, -0.1) is 0 Å². The highest BCUT2D eigenvalue weighted by molar-refractivity contribution is 6.07. The second-order valence-corrected chi connectivity index (χ2v) is 4.08. The summed E-state index contributed by atoms with van der Waals surface area (Å²) >= 11 is 0. The zero-order valence-corrected chi connectivity index (χ0v) is 10.0. The second-order valence-electron chi connectivity index (χ2n) is 4.08. The van der Waals surface area contributed by atoms with E-state index in [2.05, 4.69) is 0 Å². The van der Waals surface area contributed by atoms with Gasteiger partial charge >= 0.3 is 6.18 Å². The van der Waals surface area contributed by atoms with E-state index < -0.39 is 11.7 Å². The number of nitrogens with zero attached hydrogens (tertiary/aromatic N) is 1. The Balaban J connectivity index is 2.88. The number of para-hydroxylation sites is 1. The standard InChI is InChI=1S/C13H12F3NO/c1-3-17-7-10(8(2)18)9-5-4-6-11(12(9)17)13(14,15)16/h4-7H,3H2,1-2H3. The monoisotopic (exact) mass is 255 g/mol. The third-order valence-corrected chi connectivity index (χ3v) is 2.92. The molecule has 2 rings (SSSR count). The van der Waals surface area contributed by atoms with Crippen molar-refractivity contribution in [3.05, 3.63) is 35.5 Å². The summed E-state index contributed by atoms with van der Waals surface area (Å²) in [6.45, 7) is 3.49. The highest BCUT2D eigenvalue weighted by Crippen LogP contribution is 2.36. The first-order valence-corrected chi connectivity index (χ1v) is 5.56. The Hall–Kier alpha value is -1.78. The number of hydrogen-bond acceptors (Lipinski definition) is 1. The minimum atomic E-state index is -4.42. The van der Waals surface area contributed by atoms with E-state index in [0.717, 1.165) is 6.07 Å². The van der Waals surface area contributed by atoms with E-state index in [4.69, 9.17) is 0 Å². The minimum Gasteiger partial charge on any atom is -0.347 e. The third-order valence-electron chi connectivity index (χ3n) is 2.92. The van der Waals surface area contributed by atoms with Crippen molar-refractivity contribution in [2.75, 3.05) is 0 Å². The fourth-order valence-corrected chi connectivity index (χ4v) is 2.12. The molecule has 0 aliphatic heterocycles. The Kier molecular flexibility index (Phi) is 2.92. The predicted molar refractivity (Wildman–Crippen MR) is 62.6 cm³/mol. The van der Waals surface area contributed by atoms with Crippen molar-refractivity contribution in [3.63, 3.8) is 0 Å². The lowest BCUT2D eigenvalue weighted by molar-refractivity contribution is -0.136. The molecule has 0 radical (unpaired) electrons. The topological polar surface area (TPSA) is 22.0 Å². The summed E-state index contributed by atoms with van der Waals surface area (Å²) < 4.78 is 40.3. The Labute approximate surface area is 102 Å². The number of hydrogen-bond donors (Lipinski definition) is 0. The van der Waals surface area contributed by atoms with Crippen LogP contribution in [-0.2, 0) is 12.7 Å². The van der Waals surface area contributed by atoms with Gasteiger partial charge in [0.25, 0.3) is 0 Å². The number of aryl methyl sites for hydroxylation is 1. The number of benzene rings is 1. The van der Waals surface area contributed by atoms with Crippen LogP contribution in [0.3, 0.4) is 0 Å². The highest BCUT2D eigenvalue weighted by atomic mass is 19.4. The first-order valence-electron chi connectivity index (χ1n) is 5.56. The second kappa shape index (κ2) is 4.15. The van der Waals surface area contributed by atoms with Crippen LogP contribution >= 0.6 is 0 Å². The molecule has 0 saturated carbocycles. The van der Waals surface area contributed by atoms with Crippen LogP contribution in [0.5, 0.6) is 0 Å². The van der Waals surface area contributed by atoms with Crippen LogP contribution in [0, 0.1) is 0 Å². The van der Waals surface area contributed by atoms with Crippen molar-refractivity contribution < 1.29 is 18.0 Å². The molecule has 0 fully saturated rings.